The summed E-state index contributed by atoms with van der Waals surface area (Å²) in [7, 11) is 0. The van der Waals surface area contributed by atoms with Crippen LogP contribution in [0.4, 0.5) is 0 Å². The molecule has 10 rings (SSSR count). The maximum absolute atomic E-state index is 4.70. The van der Waals surface area contributed by atoms with E-state index in [9.17, 15) is 0 Å². The van der Waals surface area contributed by atoms with Crippen LogP contribution in [0.25, 0.3) is 67.0 Å². The van der Waals surface area contributed by atoms with Gasteiger partial charge in [-0.3, -0.25) is 19.9 Å². The summed E-state index contributed by atoms with van der Waals surface area (Å²) in [5.41, 5.74) is 18.0. The van der Waals surface area contributed by atoms with Crippen molar-refractivity contribution in [3.8, 4) is 67.0 Å². The number of hydrogen-bond donors (Lipinski definition) is 0. The van der Waals surface area contributed by atoms with Gasteiger partial charge in [0.2, 0.25) is 0 Å². The molecular weight excluding hydrogens is 597 g/mol. The van der Waals surface area contributed by atoms with E-state index in [-0.39, 0.29) is 0 Å². The molecule has 0 bridgehead atoms. The molecule has 2 aliphatic rings. The van der Waals surface area contributed by atoms with Crippen molar-refractivity contribution in [2.24, 2.45) is 0 Å². The number of aromatic nitrogens is 4. The Morgan fingerprint density at radius 3 is 1.24 bits per heavy atom. The minimum absolute atomic E-state index is 0.509. The van der Waals surface area contributed by atoms with Crippen LogP contribution >= 0.6 is 0 Å². The van der Waals surface area contributed by atoms with E-state index in [1.807, 2.05) is 61.4 Å². The van der Waals surface area contributed by atoms with Crippen molar-refractivity contribution in [1.29, 1.82) is 0 Å². The summed E-state index contributed by atoms with van der Waals surface area (Å²) in [4.78, 5) is 18.6. The summed E-state index contributed by atoms with van der Waals surface area (Å²) in [6.07, 6.45) is 11.3. The van der Waals surface area contributed by atoms with Crippen LogP contribution in [0.5, 0.6) is 0 Å². The fourth-order valence-electron chi connectivity index (χ4n) is 8.21. The zero-order valence-electron chi connectivity index (χ0n) is 26.5. The lowest BCUT2D eigenvalue weighted by molar-refractivity contribution is 0.794. The van der Waals surface area contributed by atoms with Crippen LogP contribution < -0.4 is 0 Å². The third-order valence-corrected chi connectivity index (χ3v) is 10.2. The number of rotatable bonds is 4. The third-order valence-electron chi connectivity index (χ3n) is 10.2. The summed E-state index contributed by atoms with van der Waals surface area (Å²) in [6.45, 7) is 0. The van der Waals surface area contributed by atoms with Gasteiger partial charge >= 0.3 is 0 Å². The molecule has 49 heavy (non-hydrogen) atoms. The highest BCUT2D eigenvalue weighted by Crippen LogP contribution is 2.63. The molecule has 2 aliphatic carbocycles. The first kappa shape index (κ1) is 27.6. The molecular formula is C45H28N4. The summed E-state index contributed by atoms with van der Waals surface area (Å²) in [5.74, 6) is 0. The van der Waals surface area contributed by atoms with Gasteiger partial charge in [0.15, 0.2) is 0 Å². The molecule has 4 nitrogen and oxygen atoms in total. The van der Waals surface area contributed by atoms with Crippen molar-refractivity contribution < 1.29 is 0 Å². The van der Waals surface area contributed by atoms with E-state index < -0.39 is 5.41 Å². The van der Waals surface area contributed by atoms with Gasteiger partial charge < -0.3 is 0 Å². The van der Waals surface area contributed by atoms with Gasteiger partial charge in [0, 0.05) is 59.4 Å². The van der Waals surface area contributed by atoms with Gasteiger partial charge in [0.05, 0.1) is 16.8 Å². The van der Waals surface area contributed by atoms with Crippen molar-refractivity contribution in [3.63, 3.8) is 0 Å². The molecule has 8 aromatic rings. The molecule has 4 aromatic heterocycles. The first-order valence-corrected chi connectivity index (χ1v) is 16.5. The molecule has 0 fully saturated rings. The average molecular weight is 625 g/mol. The molecule has 4 heteroatoms. The molecule has 1 spiro atoms. The lowest BCUT2D eigenvalue weighted by Crippen LogP contribution is -2.26. The first-order chi connectivity index (χ1) is 24.3. The molecule has 0 radical (unpaired) electrons. The average Bonchev–Trinajstić information content (AvgIpc) is 3.65. The minimum atomic E-state index is -0.509. The maximum atomic E-state index is 4.70. The summed E-state index contributed by atoms with van der Waals surface area (Å²) in [5, 5.41) is 0. The first-order valence-electron chi connectivity index (χ1n) is 16.5. The highest BCUT2D eigenvalue weighted by atomic mass is 14.7. The van der Waals surface area contributed by atoms with Crippen LogP contribution in [0.15, 0.2) is 171 Å². The summed E-state index contributed by atoms with van der Waals surface area (Å²) >= 11 is 0. The van der Waals surface area contributed by atoms with Gasteiger partial charge in [0.1, 0.15) is 0 Å². The number of benzene rings is 4. The Kier molecular flexibility index (Phi) is 6.06. The van der Waals surface area contributed by atoms with Crippen LogP contribution in [-0.2, 0) is 5.41 Å². The van der Waals surface area contributed by atoms with Crippen LogP contribution in [0.2, 0.25) is 0 Å². The second-order valence-electron chi connectivity index (χ2n) is 12.6. The molecule has 0 unspecified atom stereocenters. The van der Waals surface area contributed by atoms with Gasteiger partial charge in [-0.2, -0.15) is 0 Å². The SMILES string of the molecule is c1ccc(-c2ccncc2-c2ccc3c(c2)C2(c4ccccc4-c4ccccc42)c2cc(-c4cnccc4-c4ccccn4)ccc2-3)nc1. The van der Waals surface area contributed by atoms with Crippen molar-refractivity contribution in [1.82, 2.24) is 19.9 Å². The Hall–Kier alpha value is -6.52. The zero-order chi connectivity index (χ0) is 32.4. The van der Waals surface area contributed by atoms with E-state index in [2.05, 4.69) is 119 Å². The van der Waals surface area contributed by atoms with Crippen LogP contribution in [-0.4, -0.2) is 19.9 Å². The van der Waals surface area contributed by atoms with Gasteiger partial charge in [0.25, 0.3) is 0 Å². The Morgan fingerprint density at radius 1 is 0.327 bits per heavy atom. The topological polar surface area (TPSA) is 51.6 Å². The maximum Gasteiger partial charge on any atom is 0.0725 e. The van der Waals surface area contributed by atoms with Crippen LogP contribution in [0.3, 0.4) is 0 Å². The Morgan fingerprint density at radius 2 is 0.776 bits per heavy atom. The fourth-order valence-corrected chi connectivity index (χ4v) is 8.21. The molecule has 4 aromatic carbocycles. The normalized spacial score (nSPS) is 13.1. The molecule has 228 valence electrons. The largest absolute Gasteiger partial charge is 0.264 e. The molecule has 0 saturated carbocycles. The molecule has 0 amide bonds. The molecule has 0 N–H and O–H groups in total. The van der Waals surface area contributed by atoms with E-state index >= 15 is 0 Å². The Labute approximate surface area is 284 Å². The number of fused-ring (bicyclic) bond motifs is 10. The van der Waals surface area contributed by atoms with Crippen molar-refractivity contribution in [2.75, 3.05) is 0 Å². The monoisotopic (exact) mass is 624 g/mol. The zero-order valence-corrected chi connectivity index (χ0v) is 26.5. The second-order valence-corrected chi connectivity index (χ2v) is 12.6. The number of pyridine rings is 4. The van der Waals surface area contributed by atoms with Crippen LogP contribution in [0.1, 0.15) is 22.3 Å². The van der Waals surface area contributed by atoms with Gasteiger partial charge in [-0.1, -0.05) is 84.9 Å². The highest BCUT2D eigenvalue weighted by molar-refractivity contribution is 5.98. The van der Waals surface area contributed by atoms with Crippen molar-refractivity contribution in [2.45, 2.75) is 5.41 Å². The van der Waals surface area contributed by atoms with Gasteiger partial charge in [-0.25, -0.2) is 0 Å². The molecule has 0 atom stereocenters. The predicted molar refractivity (Wildman–Crippen MR) is 196 cm³/mol. The lowest BCUT2D eigenvalue weighted by Gasteiger charge is -2.31. The fraction of sp³-hybridized carbons (Fsp3) is 0.0222. The summed E-state index contributed by atoms with van der Waals surface area (Å²) < 4.78 is 0. The van der Waals surface area contributed by atoms with E-state index in [0.29, 0.717) is 0 Å². The Balaban J connectivity index is 1.26. The minimum Gasteiger partial charge on any atom is -0.264 e. The Bertz CT molecular complexity index is 2380. The third kappa shape index (κ3) is 3.98. The van der Waals surface area contributed by atoms with Crippen LogP contribution in [0, 0.1) is 0 Å². The smallest absolute Gasteiger partial charge is 0.0725 e. The number of nitrogens with zero attached hydrogens (tertiary/aromatic N) is 4. The molecule has 0 aliphatic heterocycles. The van der Waals surface area contributed by atoms with E-state index in [1.54, 1.807) is 0 Å². The van der Waals surface area contributed by atoms with E-state index in [1.165, 1.54) is 44.5 Å². The summed E-state index contributed by atoms with van der Waals surface area (Å²) in [6, 6.07) is 48.0. The molecule has 4 heterocycles. The lowest BCUT2D eigenvalue weighted by atomic mass is 9.70. The van der Waals surface area contributed by atoms with Gasteiger partial charge in [-0.15, -0.1) is 0 Å². The standard InChI is InChI=1S/C45H28N4/c1-3-11-39-31(9-1)32-10-2-4-12-40(32)45(39)41-25-29(37-27-46-23-19-35(37)43-13-5-7-21-48-43)15-17-33(41)34-18-16-30(26-42(34)45)38-28-47-24-20-36(38)44-14-6-8-22-49-44/h1-28H. The van der Waals surface area contributed by atoms with E-state index in [0.717, 1.165) is 44.8 Å². The number of hydrogen-bond acceptors (Lipinski definition) is 4. The van der Waals surface area contributed by atoms with Crippen molar-refractivity contribution in [3.05, 3.63) is 193 Å². The van der Waals surface area contributed by atoms with Crippen molar-refractivity contribution >= 4 is 0 Å². The second kappa shape index (κ2) is 10.8. The quantitative estimate of drug-likeness (QED) is 0.196. The molecule has 0 saturated heterocycles. The predicted octanol–water partition coefficient (Wildman–Crippen LogP) is 10.3. The highest BCUT2D eigenvalue weighted by Gasteiger charge is 2.51. The van der Waals surface area contributed by atoms with E-state index in [4.69, 9.17) is 9.97 Å². The van der Waals surface area contributed by atoms with Gasteiger partial charge in [-0.05, 0) is 104 Å².